The summed E-state index contributed by atoms with van der Waals surface area (Å²) in [7, 11) is 4.32. The third-order valence-electron chi connectivity index (χ3n) is 4.01. The lowest BCUT2D eigenvalue weighted by atomic mass is 9.90. The first-order valence-corrected chi connectivity index (χ1v) is 7.82. The van der Waals surface area contributed by atoms with Gasteiger partial charge in [-0.05, 0) is 44.7 Å². The Morgan fingerprint density at radius 1 is 1.20 bits per heavy atom. The second-order valence-electron chi connectivity index (χ2n) is 5.73. The van der Waals surface area contributed by atoms with Crippen LogP contribution in [-0.2, 0) is 6.54 Å². The SMILES string of the molecule is CN(C)C1CCCCC1NC(=S)NCc1ccccc1. The molecule has 110 valence electrons. The molecule has 0 amide bonds. The molecule has 2 unspecified atom stereocenters. The second kappa shape index (κ2) is 7.60. The number of hydrogen-bond acceptors (Lipinski definition) is 2. The summed E-state index contributed by atoms with van der Waals surface area (Å²) in [6.07, 6.45) is 5.08. The van der Waals surface area contributed by atoms with Crippen molar-refractivity contribution in [1.82, 2.24) is 15.5 Å². The maximum atomic E-state index is 5.43. The Morgan fingerprint density at radius 2 is 1.90 bits per heavy atom. The molecule has 1 fully saturated rings. The van der Waals surface area contributed by atoms with E-state index in [-0.39, 0.29) is 0 Å². The van der Waals surface area contributed by atoms with Gasteiger partial charge in [0.05, 0.1) is 0 Å². The van der Waals surface area contributed by atoms with Gasteiger partial charge >= 0.3 is 0 Å². The molecule has 4 heteroatoms. The molecule has 0 radical (unpaired) electrons. The predicted molar refractivity (Wildman–Crippen MR) is 88.7 cm³/mol. The summed E-state index contributed by atoms with van der Waals surface area (Å²) in [4.78, 5) is 2.32. The molecule has 0 bridgehead atoms. The molecule has 1 aromatic carbocycles. The molecule has 20 heavy (non-hydrogen) atoms. The number of thiocarbonyl (C=S) groups is 1. The van der Waals surface area contributed by atoms with Gasteiger partial charge in [0.1, 0.15) is 0 Å². The summed E-state index contributed by atoms with van der Waals surface area (Å²) >= 11 is 5.43. The first kappa shape index (κ1) is 15.3. The first-order valence-electron chi connectivity index (χ1n) is 7.41. The molecular weight excluding hydrogens is 266 g/mol. The molecule has 2 atom stereocenters. The van der Waals surface area contributed by atoms with Crippen molar-refractivity contribution in [3.05, 3.63) is 35.9 Å². The normalized spacial score (nSPS) is 22.6. The fourth-order valence-corrected chi connectivity index (χ4v) is 3.12. The minimum Gasteiger partial charge on any atom is -0.359 e. The van der Waals surface area contributed by atoms with Crippen molar-refractivity contribution in [3.63, 3.8) is 0 Å². The van der Waals surface area contributed by atoms with Crippen LogP contribution < -0.4 is 10.6 Å². The summed E-state index contributed by atoms with van der Waals surface area (Å²) in [6.45, 7) is 0.784. The Kier molecular flexibility index (Phi) is 5.80. The zero-order chi connectivity index (χ0) is 14.4. The van der Waals surface area contributed by atoms with Crippen molar-refractivity contribution in [3.8, 4) is 0 Å². The van der Waals surface area contributed by atoms with Gasteiger partial charge in [0.2, 0.25) is 0 Å². The van der Waals surface area contributed by atoms with Gasteiger partial charge in [-0.3, -0.25) is 0 Å². The van der Waals surface area contributed by atoms with Gasteiger partial charge in [-0.15, -0.1) is 0 Å². The average molecular weight is 291 g/mol. The van der Waals surface area contributed by atoms with Gasteiger partial charge in [-0.1, -0.05) is 43.2 Å². The maximum absolute atomic E-state index is 5.43. The van der Waals surface area contributed by atoms with E-state index in [1.54, 1.807) is 0 Å². The number of hydrogen-bond donors (Lipinski definition) is 2. The lowest BCUT2D eigenvalue weighted by Crippen LogP contribution is -2.53. The quantitative estimate of drug-likeness (QED) is 0.834. The molecular formula is C16H25N3S. The van der Waals surface area contributed by atoms with Crippen LogP contribution in [0.3, 0.4) is 0 Å². The van der Waals surface area contributed by atoms with Crippen LogP contribution in [0, 0.1) is 0 Å². The third-order valence-corrected chi connectivity index (χ3v) is 4.27. The minimum absolute atomic E-state index is 0.467. The highest BCUT2D eigenvalue weighted by atomic mass is 32.1. The molecule has 0 aliphatic heterocycles. The van der Waals surface area contributed by atoms with Gasteiger partial charge in [0.15, 0.2) is 5.11 Å². The molecule has 3 nitrogen and oxygen atoms in total. The van der Waals surface area contributed by atoms with Crippen LogP contribution in [0.2, 0.25) is 0 Å². The number of benzene rings is 1. The lowest BCUT2D eigenvalue weighted by Gasteiger charge is -2.37. The summed E-state index contributed by atoms with van der Waals surface area (Å²) in [5.74, 6) is 0. The number of rotatable bonds is 4. The van der Waals surface area contributed by atoms with Crippen molar-refractivity contribution < 1.29 is 0 Å². The van der Waals surface area contributed by atoms with E-state index in [1.807, 2.05) is 6.07 Å². The minimum atomic E-state index is 0.467. The monoisotopic (exact) mass is 291 g/mol. The number of nitrogens with zero attached hydrogens (tertiary/aromatic N) is 1. The first-order chi connectivity index (χ1) is 9.66. The topological polar surface area (TPSA) is 27.3 Å². The largest absolute Gasteiger partial charge is 0.359 e. The van der Waals surface area contributed by atoms with Gasteiger partial charge in [-0.25, -0.2) is 0 Å². The van der Waals surface area contributed by atoms with E-state index in [4.69, 9.17) is 12.2 Å². The van der Waals surface area contributed by atoms with Crippen LogP contribution in [0.1, 0.15) is 31.2 Å². The molecule has 2 N–H and O–H groups in total. The van der Waals surface area contributed by atoms with Crippen molar-refractivity contribution in [2.24, 2.45) is 0 Å². The molecule has 0 spiro atoms. The third kappa shape index (κ3) is 4.46. The fourth-order valence-electron chi connectivity index (χ4n) is 2.90. The zero-order valence-corrected chi connectivity index (χ0v) is 13.2. The standard InChI is InChI=1S/C16H25N3S/c1-19(2)15-11-7-6-10-14(15)18-16(20)17-12-13-8-4-3-5-9-13/h3-5,8-9,14-15H,6-7,10-12H2,1-2H3,(H2,17,18,20). The fraction of sp³-hybridized carbons (Fsp3) is 0.562. The van der Waals surface area contributed by atoms with Gasteiger partial charge < -0.3 is 15.5 Å². The molecule has 1 aliphatic rings. The molecule has 1 saturated carbocycles. The summed E-state index contributed by atoms with van der Waals surface area (Å²) < 4.78 is 0. The van der Waals surface area contributed by atoms with Crippen molar-refractivity contribution in [2.45, 2.75) is 44.3 Å². The van der Waals surface area contributed by atoms with Crippen LogP contribution in [0.15, 0.2) is 30.3 Å². The highest BCUT2D eigenvalue weighted by Crippen LogP contribution is 2.21. The van der Waals surface area contributed by atoms with Crippen LogP contribution in [0.5, 0.6) is 0 Å². The van der Waals surface area contributed by atoms with Gasteiger partial charge in [0.25, 0.3) is 0 Å². The second-order valence-corrected chi connectivity index (χ2v) is 6.14. The van der Waals surface area contributed by atoms with E-state index in [1.165, 1.54) is 31.2 Å². The van der Waals surface area contributed by atoms with Crippen LogP contribution in [-0.4, -0.2) is 36.2 Å². The maximum Gasteiger partial charge on any atom is 0.166 e. The van der Waals surface area contributed by atoms with Crippen molar-refractivity contribution in [2.75, 3.05) is 14.1 Å². The van der Waals surface area contributed by atoms with E-state index in [0.29, 0.717) is 12.1 Å². The van der Waals surface area contributed by atoms with Gasteiger partial charge in [-0.2, -0.15) is 0 Å². The zero-order valence-electron chi connectivity index (χ0n) is 12.4. The Hall–Kier alpha value is -1.13. The highest BCUT2D eigenvalue weighted by molar-refractivity contribution is 7.80. The molecule has 1 aliphatic carbocycles. The predicted octanol–water partition coefficient (Wildman–Crippen LogP) is 2.52. The Morgan fingerprint density at radius 3 is 2.60 bits per heavy atom. The molecule has 0 saturated heterocycles. The van der Waals surface area contributed by atoms with Gasteiger partial charge in [0, 0.05) is 18.6 Å². The Labute approximate surface area is 127 Å². The molecule has 0 aromatic heterocycles. The van der Waals surface area contributed by atoms with Crippen LogP contribution >= 0.6 is 12.2 Å². The Bertz CT molecular complexity index is 419. The molecule has 2 rings (SSSR count). The number of nitrogens with one attached hydrogen (secondary N) is 2. The average Bonchev–Trinajstić information content (AvgIpc) is 2.46. The highest BCUT2D eigenvalue weighted by Gasteiger charge is 2.26. The van der Waals surface area contributed by atoms with E-state index in [0.717, 1.165) is 11.7 Å². The molecule has 0 heterocycles. The van der Waals surface area contributed by atoms with E-state index in [2.05, 4.69) is 53.9 Å². The lowest BCUT2D eigenvalue weighted by molar-refractivity contribution is 0.190. The van der Waals surface area contributed by atoms with Crippen molar-refractivity contribution in [1.29, 1.82) is 0 Å². The van der Waals surface area contributed by atoms with Crippen LogP contribution in [0.25, 0.3) is 0 Å². The van der Waals surface area contributed by atoms with Crippen LogP contribution in [0.4, 0.5) is 0 Å². The van der Waals surface area contributed by atoms with E-state index < -0.39 is 0 Å². The number of likely N-dealkylation sites (N-methyl/N-ethyl adjacent to an activating group) is 1. The smallest absolute Gasteiger partial charge is 0.166 e. The summed E-state index contributed by atoms with van der Waals surface area (Å²) in [5, 5.41) is 7.58. The summed E-state index contributed by atoms with van der Waals surface area (Å²) in [5.41, 5.74) is 1.25. The molecule has 1 aromatic rings. The Balaban J connectivity index is 1.81. The summed E-state index contributed by atoms with van der Waals surface area (Å²) in [6, 6.07) is 11.4. The van der Waals surface area contributed by atoms with E-state index in [9.17, 15) is 0 Å². The van der Waals surface area contributed by atoms with Crippen molar-refractivity contribution >= 4 is 17.3 Å². The van der Waals surface area contributed by atoms with E-state index >= 15 is 0 Å².